The second-order valence-corrected chi connectivity index (χ2v) is 4.18. The summed E-state index contributed by atoms with van der Waals surface area (Å²) in [6.07, 6.45) is 3.63. The lowest BCUT2D eigenvalue weighted by Crippen LogP contribution is -2.47. The quantitative estimate of drug-likeness (QED) is 0.850. The highest BCUT2D eigenvalue weighted by Gasteiger charge is 2.26. The second kappa shape index (κ2) is 5.14. The molecule has 0 bridgehead atoms. The molecule has 0 saturated carbocycles. The van der Waals surface area contributed by atoms with Crippen molar-refractivity contribution in [1.82, 2.24) is 4.98 Å². The summed E-state index contributed by atoms with van der Waals surface area (Å²) in [5, 5.41) is 8.91. The van der Waals surface area contributed by atoms with Crippen molar-refractivity contribution in [3.05, 3.63) is 24.0 Å². The van der Waals surface area contributed by atoms with Gasteiger partial charge in [0.25, 0.3) is 0 Å². The van der Waals surface area contributed by atoms with E-state index in [4.69, 9.17) is 9.84 Å². The van der Waals surface area contributed by atoms with Gasteiger partial charge in [0.05, 0.1) is 25.7 Å². The van der Waals surface area contributed by atoms with E-state index < -0.39 is 5.97 Å². The van der Waals surface area contributed by atoms with Crippen LogP contribution in [0.2, 0.25) is 0 Å². The van der Waals surface area contributed by atoms with Crippen molar-refractivity contribution in [1.29, 1.82) is 0 Å². The number of carboxylic acids is 1. The number of aliphatic carboxylic acids is 1. The monoisotopic (exact) mass is 236 g/mol. The number of nitrogens with zero attached hydrogens (tertiary/aromatic N) is 2. The van der Waals surface area contributed by atoms with Crippen LogP contribution in [-0.4, -0.2) is 41.9 Å². The Kier molecular flexibility index (Phi) is 3.58. The third-order valence-corrected chi connectivity index (χ3v) is 2.94. The molecule has 1 fully saturated rings. The third kappa shape index (κ3) is 2.74. The van der Waals surface area contributed by atoms with Crippen molar-refractivity contribution in [2.24, 2.45) is 0 Å². The van der Waals surface area contributed by atoms with Crippen LogP contribution in [0, 0.1) is 6.92 Å². The number of rotatable bonds is 3. The summed E-state index contributed by atoms with van der Waals surface area (Å²) in [6.45, 7) is 3.81. The largest absolute Gasteiger partial charge is 0.481 e. The molecule has 0 amide bonds. The number of carbonyl (C=O) groups is 1. The number of aryl methyl sites for hydroxylation is 1. The van der Waals surface area contributed by atoms with Gasteiger partial charge in [-0.15, -0.1) is 0 Å². The van der Waals surface area contributed by atoms with E-state index in [0.29, 0.717) is 13.2 Å². The van der Waals surface area contributed by atoms with Crippen LogP contribution in [0.3, 0.4) is 0 Å². The summed E-state index contributed by atoms with van der Waals surface area (Å²) < 4.78 is 5.35. The predicted octanol–water partition coefficient (Wildman–Crippen LogP) is 1.07. The van der Waals surface area contributed by atoms with E-state index in [1.165, 1.54) is 0 Å². The zero-order chi connectivity index (χ0) is 12.3. The molecule has 5 nitrogen and oxygen atoms in total. The van der Waals surface area contributed by atoms with Gasteiger partial charge in [-0.1, -0.05) is 0 Å². The normalized spacial score (nSPS) is 20.3. The van der Waals surface area contributed by atoms with Crippen LogP contribution < -0.4 is 4.90 Å². The number of hydrogen-bond donors (Lipinski definition) is 1. The van der Waals surface area contributed by atoms with Crippen LogP contribution in [0.25, 0.3) is 0 Å². The van der Waals surface area contributed by atoms with Crippen molar-refractivity contribution >= 4 is 11.7 Å². The predicted molar refractivity (Wildman–Crippen MR) is 63.2 cm³/mol. The summed E-state index contributed by atoms with van der Waals surface area (Å²) in [7, 11) is 0. The van der Waals surface area contributed by atoms with Crippen LogP contribution in [0.4, 0.5) is 5.69 Å². The number of morpholine rings is 1. The number of ether oxygens (including phenoxy) is 1. The molecule has 1 aromatic rings. The molecule has 0 aromatic carbocycles. The summed E-state index contributed by atoms with van der Waals surface area (Å²) >= 11 is 0. The van der Waals surface area contributed by atoms with Crippen molar-refractivity contribution in [2.45, 2.75) is 19.4 Å². The fraction of sp³-hybridized carbons (Fsp3) is 0.500. The van der Waals surface area contributed by atoms with Gasteiger partial charge in [0.1, 0.15) is 0 Å². The lowest BCUT2D eigenvalue weighted by atomic mass is 10.1. The molecule has 5 heteroatoms. The Morgan fingerprint density at radius 1 is 1.71 bits per heavy atom. The Balaban J connectivity index is 2.21. The van der Waals surface area contributed by atoms with Gasteiger partial charge in [0.2, 0.25) is 0 Å². The van der Waals surface area contributed by atoms with Crippen molar-refractivity contribution in [3.63, 3.8) is 0 Å². The Labute approximate surface area is 100 Å². The number of anilines is 1. The van der Waals surface area contributed by atoms with Crippen molar-refractivity contribution in [3.8, 4) is 0 Å². The first-order valence-electron chi connectivity index (χ1n) is 5.65. The maximum absolute atomic E-state index is 10.8. The SMILES string of the molecule is Cc1cnccc1N1CCOCC1CC(=O)O. The highest BCUT2D eigenvalue weighted by molar-refractivity contribution is 5.69. The fourth-order valence-electron chi connectivity index (χ4n) is 2.13. The molecular formula is C12H16N2O3. The van der Waals surface area contributed by atoms with Gasteiger partial charge in [0, 0.05) is 24.6 Å². The van der Waals surface area contributed by atoms with E-state index in [2.05, 4.69) is 9.88 Å². The molecule has 1 atom stereocenters. The van der Waals surface area contributed by atoms with Gasteiger partial charge < -0.3 is 14.7 Å². The molecular weight excluding hydrogens is 220 g/mol. The second-order valence-electron chi connectivity index (χ2n) is 4.18. The van der Waals surface area contributed by atoms with Gasteiger partial charge >= 0.3 is 5.97 Å². The molecule has 92 valence electrons. The Bertz CT molecular complexity index is 408. The molecule has 0 radical (unpaired) electrons. The zero-order valence-corrected chi connectivity index (χ0v) is 9.80. The van der Waals surface area contributed by atoms with Gasteiger partial charge in [-0.2, -0.15) is 0 Å². The first-order valence-corrected chi connectivity index (χ1v) is 5.65. The third-order valence-electron chi connectivity index (χ3n) is 2.94. The molecule has 1 unspecified atom stereocenters. The van der Waals surface area contributed by atoms with Crippen molar-refractivity contribution in [2.75, 3.05) is 24.7 Å². The first-order chi connectivity index (χ1) is 8.18. The van der Waals surface area contributed by atoms with Crippen LogP contribution in [0.5, 0.6) is 0 Å². The van der Waals surface area contributed by atoms with Crippen LogP contribution >= 0.6 is 0 Å². The lowest BCUT2D eigenvalue weighted by molar-refractivity contribution is -0.138. The van der Waals surface area contributed by atoms with E-state index in [1.807, 2.05) is 13.0 Å². The summed E-state index contributed by atoms with van der Waals surface area (Å²) in [5.41, 5.74) is 2.11. The molecule has 1 N–H and O–H groups in total. The average molecular weight is 236 g/mol. The Hall–Kier alpha value is -1.62. The lowest BCUT2D eigenvalue weighted by Gasteiger charge is -2.37. The number of hydrogen-bond acceptors (Lipinski definition) is 4. The summed E-state index contributed by atoms with van der Waals surface area (Å²) in [5.74, 6) is -0.794. The highest BCUT2D eigenvalue weighted by Crippen LogP contribution is 2.24. The zero-order valence-electron chi connectivity index (χ0n) is 9.80. The van der Waals surface area contributed by atoms with E-state index >= 15 is 0 Å². The van der Waals surface area contributed by atoms with Crippen LogP contribution in [0.15, 0.2) is 18.5 Å². The molecule has 1 aromatic heterocycles. The van der Waals surface area contributed by atoms with Crippen LogP contribution in [-0.2, 0) is 9.53 Å². The molecule has 1 saturated heterocycles. The number of pyridine rings is 1. The molecule has 17 heavy (non-hydrogen) atoms. The van der Waals surface area contributed by atoms with Crippen LogP contribution in [0.1, 0.15) is 12.0 Å². The average Bonchev–Trinajstić information content (AvgIpc) is 2.30. The molecule has 1 aliphatic heterocycles. The Morgan fingerprint density at radius 3 is 3.24 bits per heavy atom. The summed E-state index contributed by atoms with van der Waals surface area (Å²) in [4.78, 5) is 17.0. The van der Waals surface area contributed by atoms with Crippen molar-refractivity contribution < 1.29 is 14.6 Å². The minimum absolute atomic E-state index is 0.0950. The van der Waals surface area contributed by atoms with Gasteiger partial charge in [-0.25, -0.2) is 0 Å². The Morgan fingerprint density at radius 2 is 2.53 bits per heavy atom. The standard InChI is InChI=1S/C12H16N2O3/c1-9-7-13-3-2-11(9)14-4-5-17-8-10(14)6-12(15)16/h2-3,7,10H,4-6,8H2,1H3,(H,15,16). The van der Waals surface area contributed by atoms with E-state index in [-0.39, 0.29) is 12.5 Å². The molecule has 0 spiro atoms. The highest BCUT2D eigenvalue weighted by atomic mass is 16.5. The fourth-order valence-corrected chi connectivity index (χ4v) is 2.13. The van der Waals surface area contributed by atoms with Gasteiger partial charge in [0.15, 0.2) is 0 Å². The molecule has 2 heterocycles. The maximum atomic E-state index is 10.8. The van der Waals surface area contributed by atoms with E-state index in [9.17, 15) is 4.79 Å². The minimum Gasteiger partial charge on any atom is -0.481 e. The molecule has 0 aliphatic carbocycles. The maximum Gasteiger partial charge on any atom is 0.305 e. The molecule has 1 aliphatic rings. The number of carboxylic acid groups (broad SMARTS) is 1. The number of aromatic nitrogens is 1. The molecule has 2 rings (SSSR count). The van der Waals surface area contributed by atoms with Gasteiger partial charge in [-0.3, -0.25) is 9.78 Å². The topological polar surface area (TPSA) is 62.7 Å². The minimum atomic E-state index is -0.794. The van der Waals surface area contributed by atoms with Gasteiger partial charge in [-0.05, 0) is 18.6 Å². The first kappa shape index (κ1) is 11.9. The van der Waals surface area contributed by atoms with E-state index in [1.54, 1.807) is 12.4 Å². The smallest absolute Gasteiger partial charge is 0.305 e. The summed E-state index contributed by atoms with van der Waals surface area (Å²) in [6, 6.07) is 1.83. The van der Waals surface area contributed by atoms with E-state index in [0.717, 1.165) is 17.8 Å².